The monoisotopic (exact) mass is 754 g/mol. The van der Waals surface area contributed by atoms with Gasteiger partial charge in [-0.3, -0.25) is 28.8 Å². The summed E-state index contributed by atoms with van der Waals surface area (Å²) >= 11 is 0. The fourth-order valence-corrected chi connectivity index (χ4v) is 9.34. The van der Waals surface area contributed by atoms with E-state index in [2.05, 4.69) is 6.58 Å². The molecule has 1 heterocycles. The normalized spacial score (nSPS) is 36.9. The molecule has 0 amide bonds. The van der Waals surface area contributed by atoms with Crippen molar-refractivity contribution >= 4 is 47.7 Å². The molecule has 11 atom stereocenters. The van der Waals surface area contributed by atoms with E-state index < -0.39 is 119 Å². The van der Waals surface area contributed by atoms with E-state index in [1.54, 1.807) is 31.2 Å². The van der Waals surface area contributed by atoms with Crippen molar-refractivity contribution < 1.29 is 71.8 Å². The molecule has 5 rings (SSSR count). The number of esters is 6. The van der Waals surface area contributed by atoms with Gasteiger partial charge in [0.2, 0.25) is 0 Å². The summed E-state index contributed by atoms with van der Waals surface area (Å²) < 4.78 is 42.0. The van der Waals surface area contributed by atoms with Gasteiger partial charge in [0.15, 0.2) is 29.2 Å². The zero-order valence-corrected chi connectivity index (χ0v) is 31.3. The van der Waals surface area contributed by atoms with E-state index in [-0.39, 0.29) is 18.6 Å². The molecule has 3 aliphatic carbocycles. The van der Waals surface area contributed by atoms with Gasteiger partial charge in [0, 0.05) is 70.8 Å². The van der Waals surface area contributed by atoms with E-state index >= 15 is 0 Å². The average molecular weight is 755 g/mol. The van der Waals surface area contributed by atoms with Crippen LogP contribution in [0.3, 0.4) is 0 Å². The quantitative estimate of drug-likeness (QED) is 0.167. The Labute approximate surface area is 312 Å². The van der Waals surface area contributed by atoms with Crippen molar-refractivity contribution in [3.8, 4) is 0 Å². The minimum atomic E-state index is -2.41. The van der Waals surface area contributed by atoms with Crippen LogP contribution in [0.2, 0.25) is 0 Å². The third-order valence-corrected chi connectivity index (χ3v) is 11.5. The fourth-order valence-electron chi connectivity index (χ4n) is 9.34. The molecule has 4 aliphatic rings. The van der Waals surface area contributed by atoms with Gasteiger partial charge in [-0.1, -0.05) is 43.8 Å². The predicted octanol–water partition coefficient (Wildman–Crippen LogP) is 2.59. The highest BCUT2D eigenvalue weighted by Crippen LogP contribution is 2.69. The van der Waals surface area contributed by atoms with E-state index in [0.29, 0.717) is 5.56 Å². The van der Waals surface area contributed by atoms with Crippen molar-refractivity contribution in [2.24, 2.45) is 22.7 Å². The lowest BCUT2D eigenvalue weighted by molar-refractivity contribution is -0.407. The first-order valence-corrected chi connectivity index (χ1v) is 17.6. The second-order valence-corrected chi connectivity index (χ2v) is 14.8. The molecule has 1 aromatic carbocycles. The zero-order chi connectivity index (χ0) is 40.0. The molecule has 1 aliphatic heterocycles. The second kappa shape index (κ2) is 14.7. The van der Waals surface area contributed by atoms with Gasteiger partial charge in [-0.2, -0.15) is 0 Å². The number of hydrogen-bond donors (Lipinski definition) is 1. The molecular formula is C39H46O15. The number of hydrogen-bond acceptors (Lipinski definition) is 15. The standard InChI is InChI=1S/C39H46O15/c1-20-28(54-31(46)15-14-26-12-10-9-11-13-26)17-30(50-22(3)41)38(19-48-21(2)40)32(20)33(51-23(4)42)27-16-29(45)37(8,47)39(36(27,7)18-49-39)35(53-25(6)44)34(38)52-24(5)43/h9-15,27-28,30,32-35,47H,1,16-19H2,2-8H3/b15-14+/t27-,28-,30-,32-,33+,34-,35-,36+,37+,38+,39-/m0/s1. The molecule has 0 aromatic heterocycles. The minimum absolute atomic E-state index is 0.0677. The van der Waals surface area contributed by atoms with Gasteiger partial charge < -0.3 is 38.3 Å². The first kappa shape index (κ1) is 40.3. The van der Waals surface area contributed by atoms with Gasteiger partial charge in [0.1, 0.15) is 24.9 Å². The predicted molar refractivity (Wildman–Crippen MR) is 184 cm³/mol. The summed E-state index contributed by atoms with van der Waals surface area (Å²) in [6, 6.07) is 8.91. The number of carbonyl (C=O) groups is 7. The maximum atomic E-state index is 14.1. The lowest BCUT2D eigenvalue weighted by Gasteiger charge is -2.73. The summed E-state index contributed by atoms with van der Waals surface area (Å²) in [4.78, 5) is 92.6. The Hall–Kier alpha value is -4.89. The first-order valence-electron chi connectivity index (χ1n) is 17.6. The number of ether oxygens (including phenoxy) is 7. The molecule has 292 valence electrons. The maximum Gasteiger partial charge on any atom is 0.331 e. The van der Waals surface area contributed by atoms with Crippen LogP contribution in [-0.4, -0.2) is 102 Å². The molecule has 0 unspecified atom stereocenters. The molecule has 4 fully saturated rings. The van der Waals surface area contributed by atoms with Crippen LogP contribution in [0.25, 0.3) is 6.08 Å². The number of aliphatic hydroxyl groups is 1. The minimum Gasteiger partial charge on any atom is -0.465 e. The van der Waals surface area contributed by atoms with Crippen molar-refractivity contribution in [1.29, 1.82) is 0 Å². The summed E-state index contributed by atoms with van der Waals surface area (Å²) in [6.45, 7) is 11.8. The molecule has 1 aromatic rings. The number of fused-ring (bicyclic) bond motifs is 1. The van der Waals surface area contributed by atoms with Gasteiger partial charge in [-0.05, 0) is 24.1 Å². The van der Waals surface area contributed by atoms with Gasteiger partial charge in [0.05, 0.1) is 12.0 Å². The third kappa shape index (κ3) is 6.61. The average Bonchev–Trinajstić information content (AvgIpc) is 3.06. The van der Waals surface area contributed by atoms with Gasteiger partial charge in [-0.15, -0.1) is 0 Å². The van der Waals surface area contributed by atoms with Gasteiger partial charge in [-0.25, -0.2) is 4.79 Å². The smallest absolute Gasteiger partial charge is 0.331 e. The van der Waals surface area contributed by atoms with E-state index in [4.69, 9.17) is 33.2 Å². The molecule has 2 bridgehead atoms. The van der Waals surface area contributed by atoms with E-state index in [1.807, 2.05) is 6.07 Å². The van der Waals surface area contributed by atoms with Crippen LogP contribution in [0.4, 0.5) is 0 Å². The molecular weight excluding hydrogens is 708 g/mol. The third-order valence-electron chi connectivity index (χ3n) is 11.5. The van der Waals surface area contributed by atoms with Crippen molar-refractivity contribution in [2.75, 3.05) is 13.2 Å². The van der Waals surface area contributed by atoms with E-state index in [1.165, 1.54) is 19.1 Å². The lowest BCUT2D eigenvalue weighted by Crippen LogP contribution is -2.89. The molecule has 0 spiro atoms. The fraction of sp³-hybridized carbons (Fsp3) is 0.564. The number of rotatable bonds is 9. The van der Waals surface area contributed by atoms with Crippen molar-refractivity contribution in [3.05, 3.63) is 54.1 Å². The summed E-state index contributed by atoms with van der Waals surface area (Å²) in [7, 11) is 0. The highest BCUT2D eigenvalue weighted by molar-refractivity contribution is 5.91. The largest absolute Gasteiger partial charge is 0.465 e. The Balaban J connectivity index is 1.84. The van der Waals surface area contributed by atoms with Crippen LogP contribution in [0.5, 0.6) is 0 Å². The highest BCUT2D eigenvalue weighted by Gasteiger charge is 2.84. The Morgan fingerprint density at radius 3 is 1.98 bits per heavy atom. The Bertz CT molecular complexity index is 1770. The summed E-state index contributed by atoms with van der Waals surface area (Å²) in [5.41, 5.74) is -7.22. The maximum absolute atomic E-state index is 14.1. The van der Waals surface area contributed by atoms with E-state index in [0.717, 1.165) is 34.6 Å². The van der Waals surface area contributed by atoms with Gasteiger partial charge >= 0.3 is 35.8 Å². The number of Topliss-reactive ketones (excluding diaryl/α,β-unsaturated/α-hetero) is 1. The number of benzene rings is 1. The van der Waals surface area contributed by atoms with Crippen molar-refractivity contribution in [1.82, 2.24) is 0 Å². The topological polar surface area (TPSA) is 204 Å². The van der Waals surface area contributed by atoms with Crippen molar-refractivity contribution in [2.45, 2.75) is 103 Å². The number of carbonyl (C=O) groups excluding carboxylic acids is 7. The second-order valence-electron chi connectivity index (χ2n) is 14.8. The molecule has 1 N–H and O–H groups in total. The Morgan fingerprint density at radius 1 is 0.852 bits per heavy atom. The van der Waals surface area contributed by atoms with Crippen LogP contribution in [0, 0.1) is 22.7 Å². The van der Waals surface area contributed by atoms with Crippen LogP contribution in [-0.2, 0) is 66.7 Å². The Morgan fingerprint density at radius 2 is 1.44 bits per heavy atom. The van der Waals surface area contributed by atoms with Crippen molar-refractivity contribution in [3.63, 3.8) is 0 Å². The zero-order valence-electron chi connectivity index (χ0n) is 31.3. The molecule has 54 heavy (non-hydrogen) atoms. The molecule has 15 heteroatoms. The molecule has 15 nitrogen and oxygen atoms in total. The van der Waals surface area contributed by atoms with Crippen LogP contribution < -0.4 is 0 Å². The first-order chi connectivity index (χ1) is 25.2. The van der Waals surface area contributed by atoms with Crippen LogP contribution >= 0.6 is 0 Å². The Kier molecular flexibility index (Phi) is 11.0. The van der Waals surface area contributed by atoms with Crippen LogP contribution in [0.1, 0.15) is 66.9 Å². The summed E-state index contributed by atoms with van der Waals surface area (Å²) in [5.74, 6) is -8.40. The van der Waals surface area contributed by atoms with Gasteiger partial charge in [0.25, 0.3) is 0 Å². The lowest BCUT2D eigenvalue weighted by atomic mass is 9.40. The van der Waals surface area contributed by atoms with E-state index in [9.17, 15) is 38.7 Å². The van der Waals surface area contributed by atoms with Crippen LogP contribution in [0.15, 0.2) is 48.6 Å². The summed E-state index contributed by atoms with van der Waals surface area (Å²) in [5, 5.41) is 12.2. The molecule has 3 saturated carbocycles. The SMILES string of the molecule is C=C1[C@@H](OC(=O)/C=C/c2ccccc2)C[C@H](OC(C)=O)[C@@]2(COC(C)=O)[C@@H](OC(C)=O)[C@H](OC(C)=O)[C@]34OC[C@]3(C)[C@@H](CC(=O)[C@@]4(C)O)[C@@H](OC(C)=O)[C@H]12. The molecule has 1 saturated heterocycles. The summed E-state index contributed by atoms with van der Waals surface area (Å²) in [6.07, 6.45) is -5.97. The highest BCUT2D eigenvalue weighted by atomic mass is 16.6. The molecule has 0 radical (unpaired) electrons. The number of ketones is 1.